The summed E-state index contributed by atoms with van der Waals surface area (Å²) in [7, 11) is 1.28. The van der Waals surface area contributed by atoms with Gasteiger partial charge in [-0.05, 0) is 59.7 Å². The fourth-order valence-corrected chi connectivity index (χ4v) is 4.58. The molecule has 4 aromatic rings. The third-order valence-corrected chi connectivity index (χ3v) is 6.61. The second-order valence-electron chi connectivity index (χ2n) is 9.03. The Morgan fingerprint density at radius 3 is 2.08 bits per heavy atom. The highest BCUT2D eigenvalue weighted by atomic mass is 35.5. The molecule has 4 rings (SSSR count). The number of nitrogens with one attached hydrogen (secondary N) is 1. The number of rotatable bonds is 8. The van der Waals surface area contributed by atoms with Gasteiger partial charge in [-0.2, -0.15) is 26.3 Å². The van der Waals surface area contributed by atoms with E-state index in [2.05, 4.69) is 10.3 Å². The lowest BCUT2D eigenvalue weighted by Crippen LogP contribution is -2.46. The Morgan fingerprint density at radius 2 is 1.48 bits per heavy atom. The Morgan fingerprint density at radius 1 is 0.800 bits per heavy atom. The molecule has 1 N–H and O–H groups in total. The topological polar surface area (TPSA) is 34.1 Å². The summed E-state index contributed by atoms with van der Waals surface area (Å²) in [5, 5.41) is 3.37. The van der Waals surface area contributed by atoms with Gasteiger partial charge in [-0.15, -0.1) is 0 Å². The summed E-state index contributed by atoms with van der Waals surface area (Å²) >= 11 is 6.04. The molecule has 3 aromatic carbocycles. The highest BCUT2D eigenvalue weighted by Crippen LogP contribution is 2.39. The van der Waals surface area contributed by atoms with Crippen LogP contribution in [0.25, 0.3) is 0 Å². The predicted octanol–water partition coefficient (Wildman–Crippen LogP) is 8.20. The highest BCUT2D eigenvalue weighted by Gasteiger charge is 2.40. The van der Waals surface area contributed by atoms with Crippen LogP contribution in [0.1, 0.15) is 33.5 Å². The van der Waals surface area contributed by atoms with E-state index in [-0.39, 0.29) is 40.6 Å². The first kappa shape index (κ1) is 29.4. The number of nitrogens with zero attached hydrogens (tertiary/aromatic N) is 1. The number of pyridine rings is 1. The lowest BCUT2D eigenvalue weighted by molar-refractivity contribution is -0.138. The molecule has 0 fully saturated rings. The Balaban J connectivity index is 1.95. The number of alkyl halides is 6. The van der Waals surface area contributed by atoms with Crippen molar-refractivity contribution in [2.24, 2.45) is 0 Å². The molecule has 0 aliphatic heterocycles. The Kier molecular flexibility index (Phi) is 8.41. The van der Waals surface area contributed by atoms with Crippen molar-refractivity contribution < 1.29 is 35.5 Å². The van der Waals surface area contributed by atoms with Gasteiger partial charge in [-0.25, -0.2) is 4.39 Å². The minimum atomic E-state index is -4.87. The Labute approximate surface area is 230 Å². The van der Waals surface area contributed by atoms with E-state index in [0.717, 1.165) is 30.3 Å². The normalized spacial score (nSPS) is 13.6. The number of ether oxygens (including phenoxy) is 1. The summed E-state index contributed by atoms with van der Waals surface area (Å²) in [6, 6.07) is 16.6. The molecule has 0 saturated carbocycles. The van der Waals surface area contributed by atoms with Gasteiger partial charge in [0.25, 0.3) is 0 Å². The third kappa shape index (κ3) is 6.56. The first-order chi connectivity index (χ1) is 18.8. The molecule has 0 aliphatic carbocycles. The predicted molar refractivity (Wildman–Crippen MR) is 136 cm³/mol. The molecule has 1 unspecified atom stereocenters. The van der Waals surface area contributed by atoms with E-state index in [1.165, 1.54) is 25.4 Å². The maximum absolute atomic E-state index is 14.8. The van der Waals surface area contributed by atoms with Gasteiger partial charge >= 0.3 is 12.4 Å². The van der Waals surface area contributed by atoms with Gasteiger partial charge in [0.15, 0.2) is 0 Å². The summed E-state index contributed by atoms with van der Waals surface area (Å²) in [4.78, 5) is 4.35. The van der Waals surface area contributed by atoms with Gasteiger partial charge in [0.05, 0.1) is 34.5 Å². The van der Waals surface area contributed by atoms with Crippen LogP contribution in [0.4, 0.5) is 30.7 Å². The molecular formula is C29H22ClF7N2O. The third-order valence-electron chi connectivity index (χ3n) is 6.38. The Bertz CT molecular complexity index is 1460. The van der Waals surface area contributed by atoms with Gasteiger partial charge in [-0.3, -0.25) is 10.3 Å². The number of aromatic nitrogens is 1. The van der Waals surface area contributed by atoms with Gasteiger partial charge in [0.1, 0.15) is 11.6 Å². The van der Waals surface area contributed by atoms with Gasteiger partial charge in [0.2, 0.25) is 0 Å². The van der Waals surface area contributed by atoms with Crippen LogP contribution >= 0.6 is 11.6 Å². The van der Waals surface area contributed by atoms with Crippen molar-refractivity contribution in [2.45, 2.75) is 30.9 Å². The molecule has 0 aliphatic rings. The van der Waals surface area contributed by atoms with Crippen molar-refractivity contribution in [1.29, 1.82) is 0 Å². The zero-order valence-corrected chi connectivity index (χ0v) is 21.6. The minimum Gasteiger partial charge on any atom is -0.496 e. The van der Waals surface area contributed by atoms with Crippen molar-refractivity contribution in [3.63, 3.8) is 0 Å². The molecule has 0 bridgehead atoms. The molecule has 3 nitrogen and oxygen atoms in total. The largest absolute Gasteiger partial charge is 0.496 e. The molecule has 0 saturated heterocycles. The van der Waals surface area contributed by atoms with E-state index in [1.54, 1.807) is 30.3 Å². The van der Waals surface area contributed by atoms with Crippen molar-refractivity contribution in [1.82, 2.24) is 10.3 Å². The summed E-state index contributed by atoms with van der Waals surface area (Å²) in [6.45, 7) is -0.303. The molecule has 0 amide bonds. The molecule has 210 valence electrons. The number of benzene rings is 3. The molecule has 0 radical (unpaired) electrons. The van der Waals surface area contributed by atoms with Crippen LogP contribution in [0.5, 0.6) is 5.75 Å². The summed E-state index contributed by atoms with van der Waals surface area (Å²) in [6.07, 6.45) is -8.27. The molecule has 0 spiro atoms. The highest BCUT2D eigenvalue weighted by molar-refractivity contribution is 6.30. The molecule has 40 heavy (non-hydrogen) atoms. The summed E-state index contributed by atoms with van der Waals surface area (Å²) in [5.41, 5.74) is -3.06. The van der Waals surface area contributed by atoms with Crippen LogP contribution in [0.15, 0.2) is 85.1 Å². The second kappa shape index (κ2) is 11.5. The van der Waals surface area contributed by atoms with E-state index in [4.69, 9.17) is 16.3 Å². The van der Waals surface area contributed by atoms with Crippen molar-refractivity contribution >= 4 is 11.6 Å². The van der Waals surface area contributed by atoms with Crippen LogP contribution in [0.3, 0.4) is 0 Å². The molecular weight excluding hydrogens is 561 g/mol. The van der Waals surface area contributed by atoms with Crippen molar-refractivity contribution in [3.8, 4) is 5.75 Å². The van der Waals surface area contributed by atoms with E-state index in [0.29, 0.717) is 11.6 Å². The fraction of sp³-hybridized carbons (Fsp3) is 0.207. The van der Waals surface area contributed by atoms with E-state index >= 15 is 0 Å². The zero-order chi connectivity index (χ0) is 29.1. The first-order valence-corrected chi connectivity index (χ1v) is 12.2. The number of hydrogen-bond acceptors (Lipinski definition) is 3. The van der Waals surface area contributed by atoms with Crippen molar-refractivity contribution in [3.05, 3.63) is 129 Å². The van der Waals surface area contributed by atoms with Gasteiger partial charge in [0, 0.05) is 24.7 Å². The van der Waals surface area contributed by atoms with Crippen LogP contribution in [-0.2, 0) is 30.9 Å². The van der Waals surface area contributed by atoms with E-state index in [1.807, 2.05) is 0 Å². The quantitative estimate of drug-likeness (QED) is 0.213. The molecule has 1 atom stereocenters. The number of halogens is 8. The van der Waals surface area contributed by atoms with Crippen molar-refractivity contribution in [2.75, 3.05) is 7.11 Å². The number of methoxy groups -OCH3 is 1. The summed E-state index contributed by atoms with van der Waals surface area (Å²) < 4.78 is 102. The minimum absolute atomic E-state index is 0.0372. The van der Waals surface area contributed by atoms with Gasteiger partial charge < -0.3 is 4.74 Å². The maximum atomic E-state index is 14.8. The van der Waals surface area contributed by atoms with E-state index < -0.39 is 34.8 Å². The first-order valence-electron chi connectivity index (χ1n) is 11.9. The molecule has 11 heteroatoms. The van der Waals surface area contributed by atoms with Crippen LogP contribution in [-0.4, -0.2) is 12.1 Å². The SMILES string of the molecule is COc1ccc(C(F)(F)F)cc1CNC(Cc1ccccc1)(c1cc(F)cc(C(F)(F)F)c1)c1ccc(Cl)cn1. The summed E-state index contributed by atoms with van der Waals surface area (Å²) in [5.74, 6) is -1.02. The Hall–Kier alpha value is -3.63. The average Bonchev–Trinajstić information content (AvgIpc) is 2.90. The van der Waals surface area contributed by atoms with Crippen LogP contribution in [0.2, 0.25) is 5.02 Å². The smallest absolute Gasteiger partial charge is 0.416 e. The fourth-order valence-electron chi connectivity index (χ4n) is 4.46. The van der Waals surface area contributed by atoms with E-state index in [9.17, 15) is 30.7 Å². The van der Waals surface area contributed by atoms with Crippen LogP contribution < -0.4 is 10.1 Å². The van der Waals surface area contributed by atoms with Crippen LogP contribution in [0, 0.1) is 5.82 Å². The lowest BCUT2D eigenvalue weighted by atomic mass is 9.79. The molecule has 1 aromatic heterocycles. The lowest BCUT2D eigenvalue weighted by Gasteiger charge is -2.36. The standard InChI is InChI=1S/C29H22ClF7N2O/c1-40-25-9-7-20(28(32,33)34)11-19(25)16-39-27(15-18-5-3-2-4-6-18,26-10-8-23(30)17-38-26)21-12-22(29(35,36)37)14-24(31)13-21/h2-14,17,39H,15-16H2,1H3. The zero-order valence-electron chi connectivity index (χ0n) is 20.9. The number of hydrogen-bond donors (Lipinski definition) is 1. The second-order valence-corrected chi connectivity index (χ2v) is 9.47. The maximum Gasteiger partial charge on any atom is 0.416 e. The monoisotopic (exact) mass is 582 g/mol. The van der Waals surface area contributed by atoms with Gasteiger partial charge in [-0.1, -0.05) is 41.9 Å². The molecule has 1 heterocycles. The average molecular weight is 583 g/mol.